The molecule has 2 saturated carbocycles. The zero-order chi connectivity index (χ0) is 18.3. The Bertz CT molecular complexity index is 781. The number of thioether (sulfide) groups is 1. The molecule has 4 unspecified atom stereocenters. The van der Waals surface area contributed by atoms with Crippen LogP contribution in [0.5, 0.6) is 0 Å². The van der Waals surface area contributed by atoms with E-state index in [4.69, 9.17) is 4.99 Å². The molecule has 6 nitrogen and oxygen atoms in total. The van der Waals surface area contributed by atoms with Crippen molar-refractivity contribution < 1.29 is 14.7 Å². The molecule has 0 aromatic carbocycles. The van der Waals surface area contributed by atoms with Gasteiger partial charge in [-0.1, -0.05) is 18.2 Å². The Morgan fingerprint density at radius 1 is 1.46 bits per heavy atom. The zero-order valence-corrected chi connectivity index (χ0v) is 15.6. The number of aliphatic imine (C=N–C) groups is 1. The molecule has 0 spiro atoms. The van der Waals surface area contributed by atoms with E-state index in [-0.39, 0.29) is 11.5 Å². The number of aromatic nitrogens is 1. The summed E-state index contributed by atoms with van der Waals surface area (Å²) in [6.07, 6.45) is 9.13. The number of carbonyl (C=O) groups is 2. The van der Waals surface area contributed by atoms with Crippen molar-refractivity contribution in [1.29, 1.82) is 0 Å². The Morgan fingerprint density at radius 3 is 3.00 bits per heavy atom. The van der Waals surface area contributed by atoms with E-state index in [2.05, 4.69) is 10.3 Å². The highest BCUT2D eigenvalue weighted by molar-refractivity contribution is 8.16. The molecular formula is C19H23N3O3S. The first kappa shape index (κ1) is 17.5. The van der Waals surface area contributed by atoms with Crippen LogP contribution in [-0.2, 0) is 11.2 Å². The molecule has 2 bridgehead atoms. The molecule has 138 valence electrons. The van der Waals surface area contributed by atoms with Gasteiger partial charge in [0.2, 0.25) is 5.91 Å². The summed E-state index contributed by atoms with van der Waals surface area (Å²) in [6, 6.07) is 1.86. The van der Waals surface area contributed by atoms with Crippen LogP contribution in [0.25, 0.3) is 0 Å². The van der Waals surface area contributed by atoms with E-state index in [9.17, 15) is 14.7 Å². The first-order valence-corrected chi connectivity index (χ1v) is 10.0. The lowest BCUT2D eigenvalue weighted by molar-refractivity contribution is -0.121. The Kier molecular flexibility index (Phi) is 4.50. The van der Waals surface area contributed by atoms with Gasteiger partial charge in [-0.3, -0.25) is 14.8 Å². The SMILES string of the molecule is CC1(CCc2cnccc2C(=O)O)SC(=NC2CC3CCC2C3)NC1=O. The summed E-state index contributed by atoms with van der Waals surface area (Å²) in [5, 5.41) is 13.0. The molecule has 3 aliphatic rings. The van der Waals surface area contributed by atoms with Crippen LogP contribution in [0.1, 0.15) is 54.9 Å². The Labute approximate surface area is 156 Å². The van der Waals surface area contributed by atoms with E-state index >= 15 is 0 Å². The van der Waals surface area contributed by atoms with Crippen LogP contribution in [-0.4, -0.2) is 37.9 Å². The first-order valence-electron chi connectivity index (χ1n) is 9.19. The van der Waals surface area contributed by atoms with Crippen molar-refractivity contribution in [3.8, 4) is 0 Å². The number of pyridine rings is 1. The highest BCUT2D eigenvalue weighted by Crippen LogP contribution is 2.47. The summed E-state index contributed by atoms with van der Waals surface area (Å²) in [6.45, 7) is 1.91. The molecule has 1 aromatic heterocycles. The molecule has 1 amide bonds. The monoisotopic (exact) mass is 373 g/mol. The minimum Gasteiger partial charge on any atom is -0.478 e. The van der Waals surface area contributed by atoms with Crippen LogP contribution >= 0.6 is 11.8 Å². The van der Waals surface area contributed by atoms with Gasteiger partial charge in [-0.15, -0.1) is 0 Å². The fourth-order valence-corrected chi connectivity index (χ4v) is 5.57. The number of fused-ring (bicyclic) bond motifs is 2. The maximum atomic E-state index is 12.5. The predicted molar refractivity (Wildman–Crippen MR) is 100 cm³/mol. The Balaban J connectivity index is 1.44. The van der Waals surface area contributed by atoms with Crippen molar-refractivity contribution in [3.05, 3.63) is 29.6 Å². The van der Waals surface area contributed by atoms with Gasteiger partial charge < -0.3 is 10.4 Å². The lowest BCUT2D eigenvalue weighted by Crippen LogP contribution is -2.34. The summed E-state index contributed by atoms with van der Waals surface area (Å²) >= 11 is 1.49. The van der Waals surface area contributed by atoms with Gasteiger partial charge in [0.05, 0.1) is 16.4 Å². The summed E-state index contributed by atoms with van der Waals surface area (Å²) < 4.78 is -0.623. The van der Waals surface area contributed by atoms with Gasteiger partial charge in [0.15, 0.2) is 5.17 Å². The largest absolute Gasteiger partial charge is 0.478 e. The topological polar surface area (TPSA) is 91.7 Å². The van der Waals surface area contributed by atoms with Crippen molar-refractivity contribution >= 4 is 28.8 Å². The fourth-order valence-electron chi connectivity index (χ4n) is 4.47. The molecule has 7 heteroatoms. The van der Waals surface area contributed by atoms with Crippen molar-refractivity contribution in [1.82, 2.24) is 10.3 Å². The minimum absolute atomic E-state index is 0.0369. The second-order valence-corrected chi connectivity index (χ2v) is 9.29. The van der Waals surface area contributed by atoms with Crippen molar-refractivity contribution in [3.63, 3.8) is 0 Å². The second kappa shape index (κ2) is 6.68. The predicted octanol–water partition coefficient (Wildman–Crippen LogP) is 2.88. The first-order chi connectivity index (χ1) is 12.4. The van der Waals surface area contributed by atoms with E-state index in [1.165, 1.54) is 43.3 Å². The lowest BCUT2D eigenvalue weighted by atomic mass is 9.96. The van der Waals surface area contributed by atoms with E-state index in [1.54, 1.807) is 6.20 Å². The summed E-state index contributed by atoms with van der Waals surface area (Å²) in [4.78, 5) is 32.7. The number of amidine groups is 1. The highest BCUT2D eigenvalue weighted by atomic mass is 32.2. The third-order valence-electron chi connectivity index (χ3n) is 6.01. The van der Waals surface area contributed by atoms with Gasteiger partial charge in [0.1, 0.15) is 0 Å². The van der Waals surface area contributed by atoms with E-state index < -0.39 is 10.7 Å². The molecule has 1 saturated heterocycles. The van der Waals surface area contributed by atoms with E-state index in [0.717, 1.165) is 17.5 Å². The molecule has 4 atom stereocenters. The molecule has 26 heavy (non-hydrogen) atoms. The average Bonchev–Trinajstić information content (AvgIpc) is 3.29. The van der Waals surface area contributed by atoms with Crippen LogP contribution in [0.4, 0.5) is 0 Å². The molecule has 1 aromatic rings. The third-order valence-corrected chi connectivity index (χ3v) is 7.25. The Hall–Kier alpha value is -1.89. The van der Waals surface area contributed by atoms with Crippen LogP contribution < -0.4 is 5.32 Å². The van der Waals surface area contributed by atoms with Gasteiger partial charge in [0, 0.05) is 12.4 Å². The quantitative estimate of drug-likeness (QED) is 0.828. The number of carboxylic acids is 1. The second-order valence-electron chi connectivity index (χ2n) is 7.80. The standard InChI is InChI=1S/C19H23N3O3S/c1-19(6-4-13-10-20-7-5-14(13)16(23)24)17(25)22-18(26-19)21-15-9-11-2-3-12(15)8-11/h5,7,10-12,15H,2-4,6,8-9H2,1H3,(H,23,24)(H,21,22,25). The van der Waals surface area contributed by atoms with Crippen molar-refractivity contribution in [2.75, 3.05) is 0 Å². The molecule has 0 radical (unpaired) electrons. The maximum Gasteiger partial charge on any atom is 0.336 e. The normalized spacial score (nSPS) is 34.4. The van der Waals surface area contributed by atoms with Crippen molar-refractivity contribution in [2.45, 2.75) is 56.2 Å². The van der Waals surface area contributed by atoms with Gasteiger partial charge in [-0.2, -0.15) is 0 Å². The smallest absolute Gasteiger partial charge is 0.336 e. The number of nitrogens with zero attached hydrogens (tertiary/aromatic N) is 2. The number of carbonyl (C=O) groups excluding carboxylic acids is 1. The number of aryl methyl sites for hydroxylation is 1. The van der Waals surface area contributed by atoms with Crippen molar-refractivity contribution in [2.24, 2.45) is 16.8 Å². The van der Waals surface area contributed by atoms with E-state index in [0.29, 0.717) is 30.4 Å². The average molecular weight is 373 g/mol. The number of rotatable bonds is 5. The fraction of sp³-hybridized carbons (Fsp3) is 0.579. The van der Waals surface area contributed by atoms with Gasteiger partial charge in [-0.05, 0) is 62.5 Å². The van der Waals surface area contributed by atoms with Crippen LogP contribution in [0.15, 0.2) is 23.5 Å². The highest BCUT2D eigenvalue weighted by Gasteiger charge is 2.44. The van der Waals surface area contributed by atoms with Gasteiger partial charge in [-0.25, -0.2) is 4.79 Å². The molecular weight excluding hydrogens is 350 g/mol. The maximum absolute atomic E-state index is 12.5. The van der Waals surface area contributed by atoms with Crippen LogP contribution in [0, 0.1) is 11.8 Å². The molecule has 2 heterocycles. The number of amides is 1. The third kappa shape index (κ3) is 3.24. The van der Waals surface area contributed by atoms with Crippen LogP contribution in [0.2, 0.25) is 0 Å². The Morgan fingerprint density at radius 2 is 2.31 bits per heavy atom. The van der Waals surface area contributed by atoms with E-state index in [1.807, 2.05) is 6.92 Å². The number of hydrogen-bond acceptors (Lipinski definition) is 5. The molecule has 1 aliphatic heterocycles. The number of nitrogens with one attached hydrogen (secondary N) is 1. The summed E-state index contributed by atoms with van der Waals surface area (Å²) in [5.74, 6) is 0.507. The molecule has 2 N–H and O–H groups in total. The lowest BCUT2D eigenvalue weighted by Gasteiger charge is -2.19. The summed E-state index contributed by atoms with van der Waals surface area (Å²) in [5.41, 5.74) is 0.913. The van der Waals surface area contributed by atoms with Gasteiger partial charge >= 0.3 is 5.97 Å². The zero-order valence-electron chi connectivity index (χ0n) is 14.8. The molecule has 4 rings (SSSR count). The van der Waals surface area contributed by atoms with Gasteiger partial charge in [0.25, 0.3) is 0 Å². The molecule has 2 aliphatic carbocycles. The molecule has 3 fully saturated rings. The number of carboxylic acid groups (broad SMARTS) is 1. The number of hydrogen-bond donors (Lipinski definition) is 2. The summed E-state index contributed by atoms with van der Waals surface area (Å²) in [7, 11) is 0. The van der Waals surface area contributed by atoms with Crippen LogP contribution in [0.3, 0.4) is 0 Å². The minimum atomic E-state index is -0.963. The number of aromatic carboxylic acids is 1.